The molecule has 0 atom stereocenters. The molecule has 1 aromatic rings. The molecular weight excluding hydrogens is 214 g/mol. The lowest BCUT2D eigenvalue weighted by atomic mass is 9.91. The number of aromatic amines is 1. The van der Waals surface area contributed by atoms with E-state index in [2.05, 4.69) is 30.7 Å². The molecule has 1 aliphatic rings. The van der Waals surface area contributed by atoms with Gasteiger partial charge in [0.05, 0.1) is 11.2 Å². The van der Waals surface area contributed by atoms with E-state index in [1.807, 2.05) is 0 Å². The summed E-state index contributed by atoms with van der Waals surface area (Å²) >= 11 is 0. The molecule has 1 saturated carbocycles. The van der Waals surface area contributed by atoms with E-state index < -0.39 is 5.54 Å². The minimum atomic E-state index is -0.430. The largest absolute Gasteiger partial charge is 0.319 e. The molecule has 94 valence electrons. The van der Waals surface area contributed by atoms with Gasteiger partial charge in [-0.3, -0.25) is 4.79 Å². The Morgan fingerprint density at radius 1 is 1.35 bits per heavy atom. The van der Waals surface area contributed by atoms with Crippen LogP contribution in [-0.2, 0) is 11.0 Å². The van der Waals surface area contributed by atoms with Crippen LogP contribution in [0, 0.1) is 0 Å². The average molecular weight is 235 g/mol. The second-order valence-corrected chi connectivity index (χ2v) is 6.09. The Morgan fingerprint density at radius 3 is 2.47 bits per heavy atom. The van der Waals surface area contributed by atoms with Crippen LogP contribution >= 0.6 is 0 Å². The minimum absolute atomic E-state index is 0.100. The van der Waals surface area contributed by atoms with E-state index in [1.165, 1.54) is 0 Å². The van der Waals surface area contributed by atoms with Crippen molar-refractivity contribution in [1.82, 2.24) is 9.97 Å². The number of hydrogen-bond acceptors (Lipinski definition) is 3. The van der Waals surface area contributed by atoms with E-state index in [-0.39, 0.29) is 11.0 Å². The Kier molecular flexibility index (Phi) is 2.86. The maximum Gasteiger partial charge on any atom is 0.251 e. The molecular formula is C13H21N3O. The zero-order valence-electron chi connectivity index (χ0n) is 10.8. The highest BCUT2D eigenvalue weighted by molar-refractivity contribution is 5.17. The van der Waals surface area contributed by atoms with Crippen LogP contribution in [-0.4, -0.2) is 9.97 Å². The number of nitrogens with zero attached hydrogens (tertiary/aromatic N) is 1. The summed E-state index contributed by atoms with van der Waals surface area (Å²) in [5.74, 6) is 0.660. The number of aromatic nitrogens is 2. The van der Waals surface area contributed by atoms with Gasteiger partial charge in [-0.15, -0.1) is 0 Å². The van der Waals surface area contributed by atoms with Crippen molar-refractivity contribution >= 4 is 0 Å². The summed E-state index contributed by atoms with van der Waals surface area (Å²) in [4.78, 5) is 19.1. The molecule has 1 aromatic heterocycles. The first-order valence-electron chi connectivity index (χ1n) is 6.22. The highest BCUT2D eigenvalue weighted by atomic mass is 16.1. The van der Waals surface area contributed by atoms with E-state index >= 15 is 0 Å². The molecule has 4 heteroatoms. The van der Waals surface area contributed by atoms with E-state index in [0.717, 1.165) is 31.4 Å². The minimum Gasteiger partial charge on any atom is -0.319 e. The first kappa shape index (κ1) is 12.3. The van der Waals surface area contributed by atoms with Crippen LogP contribution in [0.5, 0.6) is 0 Å². The smallest absolute Gasteiger partial charge is 0.251 e. The average Bonchev–Trinajstić information content (AvgIpc) is 2.64. The van der Waals surface area contributed by atoms with Gasteiger partial charge >= 0.3 is 0 Å². The zero-order valence-corrected chi connectivity index (χ0v) is 10.8. The maximum atomic E-state index is 11.7. The molecule has 0 spiro atoms. The lowest BCUT2D eigenvalue weighted by Gasteiger charge is -2.25. The predicted molar refractivity (Wildman–Crippen MR) is 67.9 cm³/mol. The molecule has 17 heavy (non-hydrogen) atoms. The molecule has 1 heterocycles. The third-order valence-electron chi connectivity index (χ3n) is 3.48. The fraction of sp³-hybridized carbons (Fsp3) is 0.692. The molecule has 2 rings (SSSR count). The summed E-state index contributed by atoms with van der Waals surface area (Å²) in [5.41, 5.74) is 6.48. The molecule has 1 fully saturated rings. The number of nitrogens with one attached hydrogen (secondary N) is 1. The molecule has 0 aliphatic heterocycles. The van der Waals surface area contributed by atoms with Crippen molar-refractivity contribution in [2.24, 2.45) is 5.73 Å². The summed E-state index contributed by atoms with van der Waals surface area (Å²) in [6, 6.07) is 1.57. The zero-order chi connectivity index (χ0) is 12.7. The van der Waals surface area contributed by atoms with Crippen LogP contribution in [0.4, 0.5) is 0 Å². The normalized spacial score (nSPS) is 19.5. The standard InChI is InChI=1S/C13H21N3O/c1-12(2,3)9-8-10(17)16-11(15-9)13(14)6-4-5-7-13/h8H,4-7,14H2,1-3H3,(H,15,16,17). The van der Waals surface area contributed by atoms with Crippen molar-refractivity contribution in [3.05, 3.63) is 27.9 Å². The highest BCUT2D eigenvalue weighted by Crippen LogP contribution is 2.34. The maximum absolute atomic E-state index is 11.7. The molecule has 0 amide bonds. The van der Waals surface area contributed by atoms with E-state index in [4.69, 9.17) is 5.73 Å². The third kappa shape index (κ3) is 2.41. The van der Waals surface area contributed by atoms with E-state index in [9.17, 15) is 4.79 Å². The molecule has 0 aromatic carbocycles. The van der Waals surface area contributed by atoms with Gasteiger partial charge in [0.2, 0.25) is 0 Å². The second kappa shape index (κ2) is 3.95. The summed E-state index contributed by atoms with van der Waals surface area (Å²) in [6.07, 6.45) is 4.03. The van der Waals surface area contributed by atoms with Gasteiger partial charge in [0, 0.05) is 11.5 Å². The molecule has 0 bridgehead atoms. The Balaban J connectivity index is 2.49. The molecule has 0 radical (unpaired) electrons. The van der Waals surface area contributed by atoms with Gasteiger partial charge in [-0.1, -0.05) is 33.6 Å². The first-order valence-corrected chi connectivity index (χ1v) is 6.22. The van der Waals surface area contributed by atoms with Gasteiger partial charge in [-0.2, -0.15) is 0 Å². The lowest BCUT2D eigenvalue weighted by Crippen LogP contribution is -2.38. The van der Waals surface area contributed by atoms with Crippen LogP contribution in [0.2, 0.25) is 0 Å². The first-order chi connectivity index (χ1) is 7.81. The van der Waals surface area contributed by atoms with Gasteiger partial charge in [0.25, 0.3) is 5.56 Å². The van der Waals surface area contributed by atoms with Crippen molar-refractivity contribution < 1.29 is 0 Å². The summed E-state index contributed by atoms with van der Waals surface area (Å²) < 4.78 is 0. The quantitative estimate of drug-likeness (QED) is 0.779. The summed E-state index contributed by atoms with van der Waals surface area (Å²) in [7, 11) is 0. The van der Waals surface area contributed by atoms with Crippen molar-refractivity contribution in [3.8, 4) is 0 Å². The monoisotopic (exact) mass is 235 g/mol. The fourth-order valence-electron chi connectivity index (χ4n) is 2.32. The highest BCUT2D eigenvalue weighted by Gasteiger charge is 2.34. The van der Waals surface area contributed by atoms with Crippen molar-refractivity contribution in [3.63, 3.8) is 0 Å². The number of hydrogen-bond donors (Lipinski definition) is 2. The van der Waals surface area contributed by atoms with Gasteiger partial charge in [0.15, 0.2) is 0 Å². The van der Waals surface area contributed by atoms with E-state index in [1.54, 1.807) is 6.07 Å². The van der Waals surface area contributed by atoms with Crippen LogP contribution in [0.3, 0.4) is 0 Å². The van der Waals surface area contributed by atoms with Crippen LogP contribution < -0.4 is 11.3 Å². The summed E-state index contributed by atoms with van der Waals surface area (Å²) in [5, 5.41) is 0. The molecule has 0 saturated heterocycles. The number of rotatable bonds is 1. The molecule has 3 N–H and O–H groups in total. The summed E-state index contributed by atoms with van der Waals surface area (Å²) in [6.45, 7) is 6.16. The Hall–Kier alpha value is -1.16. The van der Waals surface area contributed by atoms with Gasteiger partial charge in [-0.05, 0) is 12.8 Å². The van der Waals surface area contributed by atoms with Gasteiger partial charge in [0.1, 0.15) is 5.82 Å². The lowest BCUT2D eigenvalue weighted by molar-refractivity contribution is 0.422. The van der Waals surface area contributed by atoms with Crippen molar-refractivity contribution in [2.75, 3.05) is 0 Å². The van der Waals surface area contributed by atoms with Gasteiger partial charge < -0.3 is 10.7 Å². The number of nitrogens with two attached hydrogens (primary N) is 1. The molecule has 4 nitrogen and oxygen atoms in total. The number of H-pyrrole nitrogens is 1. The predicted octanol–water partition coefficient (Wildman–Crippen LogP) is 1.80. The molecule has 0 unspecified atom stereocenters. The second-order valence-electron chi connectivity index (χ2n) is 6.09. The fourth-order valence-corrected chi connectivity index (χ4v) is 2.32. The van der Waals surface area contributed by atoms with Crippen molar-refractivity contribution in [1.29, 1.82) is 0 Å². The van der Waals surface area contributed by atoms with Gasteiger partial charge in [-0.25, -0.2) is 4.98 Å². The topological polar surface area (TPSA) is 71.8 Å². The van der Waals surface area contributed by atoms with Crippen LogP contribution in [0.25, 0.3) is 0 Å². The Labute approximate surface area is 102 Å². The SMILES string of the molecule is CC(C)(C)c1cc(=O)[nH]c(C2(N)CCCC2)n1. The van der Waals surface area contributed by atoms with Crippen molar-refractivity contribution in [2.45, 2.75) is 57.4 Å². The molecule has 1 aliphatic carbocycles. The van der Waals surface area contributed by atoms with Crippen LogP contribution in [0.1, 0.15) is 58.0 Å². The van der Waals surface area contributed by atoms with Crippen LogP contribution in [0.15, 0.2) is 10.9 Å². The Morgan fingerprint density at radius 2 is 1.94 bits per heavy atom. The van der Waals surface area contributed by atoms with E-state index in [0.29, 0.717) is 5.82 Å². The Bertz CT molecular complexity index is 464. The third-order valence-corrected chi connectivity index (χ3v) is 3.48.